The second kappa shape index (κ2) is 8.70. The van der Waals surface area contributed by atoms with Gasteiger partial charge in [-0.05, 0) is 18.1 Å². The third-order valence-electron chi connectivity index (χ3n) is 3.92. The maximum Gasteiger partial charge on any atom is 0.255 e. The van der Waals surface area contributed by atoms with Gasteiger partial charge in [0.05, 0.1) is 22.2 Å². The highest BCUT2D eigenvalue weighted by Crippen LogP contribution is 2.26. The highest BCUT2D eigenvalue weighted by molar-refractivity contribution is 6.43. The summed E-state index contributed by atoms with van der Waals surface area (Å²) in [5.41, 5.74) is 0.423. The first kappa shape index (κ1) is 19.0. The number of nitrogens with one attached hydrogen (secondary N) is 1. The number of carbonyl (C=O) groups excluding carboxylic acids is 2. The lowest BCUT2D eigenvalue weighted by molar-refractivity contribution is -0.122. The largest absolute Gasteiger partial charge is 0.355 e. The molecular weight excluding hydrogens is 349 g/mol. The van der Waals surface area contributed by atoms with Gasteiger partial charge in [0.1, 0.15) is 0 Å². The lowest BCUT2D eigenvalue weighted by atomic mass is 10.1. The molecule has 0 radical (unpaired) electrons. The molecule has 0 bridgehead atoms. The zero-order chi connectivity index (χ0) is 17.7. The van der Waals surface area contributed by atoms with E-state index >= 15 is 0 Å². The van der Waals surface area contributed by atoms with Gasteiger partial charge in [0.2, 0.25) is 5.91 Å². The molecule has 1 aromatic rings. The van der Waals surface area contributed by atoms with E-state index in [0.29, 0.717) is 60.8 Å². The Morgan fingerprint density at radius 1 is 1.17 bits per heavy atom. The maximum atomic E-state index is 12.6. The van der Waals surface area contributed by atoms with E-state index < -0.39 is 0 Å². The number of amides is 2. The molecule has 5 nitrogen and oxygen atoms in total. The van der Waals surface area contributed by atoms with Crippen LogP contribution in [0.15, 0.2) is 18.2 Å². The van der Waals surface area contributed by atoms with Crippen molar-refractivity contribution in [2.24, 2.45) is 5.92 Å². The van der Waals surface area contributed by atoms with Crippen molar-refractivity contribution < 1.29 is 9.59 Å². The van der Waals surface area contributed by atoms with E-state index in [1.54, 1.807) is 23.1 Å². The number of hydrogen-bond donors (Lipinski definition) is 1. The minimum Gasteiger partial charge on any atom is -0.355 e. The van der Waals surface area contributed by atoms with Gasteiger partial charge in [0, 0.05) is 32.7 Å². The van der Waals surface area contributed by atoms with Gasteiger partial charge < -0.3 is 10.2 Å². The molecule has 24 heavy (non-hydrogen) atoms. The summed E-state index contributed by atoms with van der Waals surface area (Å²) in [6, 6.07) is 5.06. The van der Waals surface area contributed by atoms with Crippen molar-refractivity contribution in [1.82, 2.24) is 15.1 Å². The van der Waals surface area contributed by atoms with Crippen LogP contribution >= 0.6 is 23.2 Å². The van der Waals surface area contributed by atoms with Crippen LogP contribution in [0.25, 0.3) is 0 Å². The lowest BCUT2D eigenvalue weighted by Gasteiger charge is -2.34. The summed E-state index contributed by atoms with van der Waals surface area (Å²) < 4.78 is 0. The summed E-state index contributed by atoms with van der Waals surface area (Å²) in [5.74, 6) is 0.346. The summed E-state index contributed by atoms with van der Waals surface area (Å²) in [4.78, 5) is 28.2. The van der Waals surface area contributed by atoms with Gasteiger partial charge in [0.25, 0.3) is 5.91 Å². The van der Waals surface area contributed by atoms with Gasteiger partial charge >= 0.3 is 0 Å². The molecule has 0 spiro atoms. The first-order chi connectivity index (χ1) is 11.4. The Hall–Kier alpha value is -1.30. The highest BCUT2D eigenvalue weighted by Gasteiger charge is 2.25. The normalized spacial score (nSPS) is 15.6. The Morgan fingerprint density at radius 3 is 2.46 bits per heavy atom. The summed E-state index contributed by atoms with van der Waals surface area (Å²) in [6.07, 6.45) is 0. The van der Waals surface area contributed by atoms with Gasteiger partial charge in [-0.15, -0.1) is 0 Å². The second-order valence-electron chi connectivity index (χ2n) is 6.37. The standard InChI is InChI=1S/C17H23Cl2N3O2/c1-12(2)10-20-15(23)11-21-6-8-22(9-7-21)17(24)13-4-3-5-14(18)16(13)19/h3-5,12H,6-11H2,1-2H3,(H,20,23). The molecule has 0 aromatic heterocycles. The molecule has 0 unspecified atom stereocenters. The van der Waals surface area contributed by atoms with E-state index in [1.165, 1.54) is 0 Å². The topological polar surface area (TPSA) is 52.7 Å². The number of rotatable bonds is 5. The molecule has 0 atom stereocenters. The SMILES string of the molecule is CC(C)CNC(=O)CN1CCN(C(=O)c2cccc(Cl)c2Cl)CC1. The molecule has 1 fully saturated rings. The van der Waals surface area contributed by atoms with Crippen LogP contribution in [0.1, 0.15) is 24.2 Å². The van der Waals surface area contributed by atoms with Crippen molar-refractivity contribution in [1.29, 1.82) is 0 Å². The first-order valence-corrected chi connectivity index (χ1v) is 8.86. The highest BCUT2D eigenvalue weighted by atomic mass is 35.5. The fraction of sp³-hybridized carbons (Fsp3) is 0.529. The molecule has 2 rings (SSSR count). The van der Waals surface area contributed by atoms with Crippen molar-refractivity contribution in [2.75, 3.05) is 39.3 Å². The molecule has 1 N–H and O–H groups in total. The van der Waals surface area contributed by atoms with E-state index in [2.05, 4.69) is 24.1 Å². The van der Waals surface area contributed by atoms with Gasteiger partial charge in [-0.1, -0.05) is 43.1 Å². The van der Waals surface area contributed by atoms with Crippen molar-refractivity contribution in [2.45, 2.75) is 13.8 Å². The predicted molar refractivity (Wildman–Crippen MR) is 96.7 cm³/mol. The minimum absolute atomic E-state index is 0.0290. The van der Waals surface area contributed by atoms with E-state index in [4.69, 9.17) is 23.2 Å². The van der Waals surface area contributed by atoms with Crippen molar-refractivity contribution in [3.8, 4) is 0 Å². The van der Waals surface area contributed by atoms with Crippen LogP contribution in [0, 0.1) is 5.92 Å². The Kier molecular flexibility index (Phi) is 6.90. The van der Waals surface area contributed by atoms with E-state index in [1.807, 2.05) is 0 Å². The Morgan fingerprint density at radius 2 is 1.83 bits per heavy atom. The Labute approximate surface area is 152 Å². The van der Waals surface area contributed by atoms with Gasteiger partial charge in [0.15, 0.2) is 0 Å². The molecule has 7 heteroatoms. The van der Waals surface area contributed by atoms with Crippen LogP contribution in [0.2, 0.25) is 10.0 Å². The molecule has 1 saturated heterocycles. The van der Waals surface area contributed by atoms with Crippen molar-refractivity contribution in [3.05, 3.63) is 33.8 Å². The molecule has 1 heterocycles. The molecule has 1 aliphatic heterocycles. The Bertz CT molecular complexity index is 599. The Balaban J connectivity index is 1.85. The fourth-order valence-electron chi connectivity index (χ4n) is 2.53. The average molecular weight is 372 g/mol. The van der Waals surface area contributed by atoms with E-state index in [0.717, 1.165) is 0 Å². The molecule has 0 aliphatic carbocycles. The van der Waals surface area contributed by atoms with Gasteiger partial charge in [-0.2, -0.15) is 0 Å². The third-order valence-corrected chi connectivity index (χ3v) is 4.74. The van der Waals surface area contributed by atoms with Crippen molar-refractivity contribution in [3.63, 3.8) is 0 Å². The molecule has 1 aliphatic rings. The molecule has 0 saturated carbocycles. The van der Waals surface area contributed by atoms with Crippen LogP contribution in [0.3, 0.4) is 0 Å². The number of hydrogen-bond acceptors (Lipinski definition) is 3. The third kappa shape index (κ3) is 5.10. The van der Waals surface area contributed by atoms with E-state index in [9.17, 15) is 9.59 Å². The van der Waals surface area contributed by atoms with E-state index in [-0.39, 0.29) is 11.8 Å². The number of carbonyl (C=O) groups is 2. The summed E-state index contributed by atoms with van der Waals surface area (Å²) in [5, 5.41) is 3.58. The molecule has 132 valence electrons. The lowest BCUT2D eigenvalue weighted by Crippen LogP contribution is -2.51. The number of halogens is 2. The first-order valence-electron chi connectivity index (χ1n) is 8.11. The molecule has 2 amide bonds. The monoisotopic (exact) mass is 371 g/mol. The molecule has 1 aromatic carbocycles. The zero-order valence-electron chi connectivity index (χ0n) is 14.0. The van der Waals surface area contributed by atoms with Crippen LogP contribution in [0.5, 0.6) is 0 Å². The summed E-state index contributed by atoms with van der Waals surface area (Å²) in [6.45, 7) is 7.64. The minimum atomic E-state index is -0.119. The molecular formula is C17H23Cl2N3O2. The second-order valence-corrected chi connectivity index (χ2v) is 7.15. The van der Waals surface area contributed by atoms with Gasteiger partial charge in [-0.3, -0.25) is 14.5 Å². The zero-order valence-corrected chi connectivity index (χ0v) is 15.5. The van der Waals surface area contributed by atoms with Crippen LogP contribution in [0.4, 0.5) is 0 Å². The quantitative estimate of drug-likeness (QED) is 0.864. The van der Waals surface area contributed by atoms with Crippen LogP contribution in [-0.4, -0.2) is 60.9 Å². The number of nitrogens with zero attached hydrogens (tertiary/aromatic N) is 2. The van der Waals surface area contributed by atoms with Crippen molar-refractivity contribution >= 4 is 35.0 Å². The van der Waals surface area contributed by atoms with Gasteiger partial charge in [-0.25, -0.2) is 0 Å². The number of benzene rings is 1. The fourth-order valence-corrected chi connectivity index (χ4v) is 2.91. The maximum absolute atomic E-state index is 12.6. The predicted octanol–water partition coefficient (Wildman–Crippen LogP) is 2.52. The summed E-state index contributed by atoms with van der Waals surface area (Å²) >= 11 is 12.1. The number of piperazine rings is 1. The van der Waals surface area contributed by atoms with Crippen LogP contribution in [-0.2, 0) is 4.79 Å². The van der Waals surface area contributed by atoms with Crippen LogP contribution < -0.4 is 5.32 Å². The average Bonchev–Trinajstić information content (AvgIpc) is 2.55. The smallest absolute Gasteiger partial charge is 0.255 e. The summed E-state index contributed by atoms with van der Waals surface area (Å²) in [7, 11) is 0.